The van der Waals surface area contributed by atoms with E-state index in [2.05, 4.69) is 6.07 Å². The maximum Gasteiger partial charge on any atom is 0.148 e. The van der Waals surface area contributed by atoms with Crippen molar-refractivity contribution in [2.45, 2.75) is 92.0 Å². The Hall–Kier alpha value is -6.35. The van der Waals surface area contributed by atoms with Crippen LogP contribution in [0.4, 0.5) is 0 Å². The zero-order valence-electron chi connectivity index (χ0n) is 57.0. The van der Waals surface area contributed by atoms with Gasteiger partial charge in [-0.05, 0) is 104 Å². The molecule has 4 nitrogen and oxygen atoms in total. The minimum Gasteiger partial charge on any atom is -0.507 e. The monoisotopic (exact) mass is 1090 g/mol. The van der Waals surface area contributed by atoms with E-state index in [-0.39, 0.29) is 38.0 Å². The molecule has 0 amide bonds. The van der Waals surface area contributed by atoms with Crippen LogP contribution in [0.25, 0.3) is 83.9 Å². The number of aromatic nitrogens is 3. The van der Waals surface area contributed by atoms with Crippen LogP contribution in [0.3, 0.4) is 0 Å². The minimum absolute atomic E-state index is 0. The molecule has 9 aromatic rings. The van der Waals surface area contributed by atoms with Crippen LogP contribution >= 0.6 is 0 Å². The van der Waals surface area contributed by atoms with E-state index in [4.69, 9.17) is 36.0 Å². The number of benzene rings is 7. The van der Waals surface area contributed by atoms with Crippen LogP contribution in [0.5, 0.6) is 5.75 Å². The number of phenolic OH excluding ortho intramolecular Hbond substituents is 1. The molecule has 346 valence electrons. The smallest absolute Gasteiger partial charge is 0.148 e. The van der Waals surface area contributed by atoms with Crippen LogP contribution in [0.15, 0.2) is 164 Å². The fourth-order valence-electron chi connectivity index (χ4n) is 8.70. The van der Waals surface area contributed by atoms with Crippen LogP contribution < -0.4 is 0 Å². The van der Waals surface area contributed by atoms with Crippen molar-refractivity contribution in [1.82, 2.24) is 14.5 Å². The molecule has 0 radical (unpaired) electrons. The summed E-state index contributed by atoms with van der Waals surface area (Å²) in [6.07, 6.45) is 2.18. The van der Waals surface area contributed by atoms with Crippen molar-refractivity contribution < 1.29 is 52.2 Å². The summed E-state index contributed by atoms with van der Waals surface area (Å²) in [7, 11) is 0. The van der Waals surface area contributed by atoms with E-state index < -0.39 is 86.1 Å². The Morgan fingerprint density at radius 2 is 1.29 bits per heavy atom. The van der Waals surface area contributed by atoms with E-state index in [1.165, 1.54) is 4.57 Å². The third-order valence-corrected chi connectivity index (χ3v) is 12.0. The van der Waals surface area contributed by atoms with Gasteiger partial charge in [-0.3, -0.25) is 9.55 Å². The molecule has 0 fully saturated rings. The molecule has 0 aliphatic carbocycles. The molecule has 0 atom stereocenters. The van der Waals surface area contributed by atoms with Crippen molar-refractivity contribution in [3.63, 3.8) is 0 Å². The Bertz CT molecular complexity index is 3900. The average Bonchev–Trinajstić information content (AvgIpc) is 0.992. The Labute approximate surface area is 445 Å². The van der Waals surface area contributed by atoms with Gasteiger partial charge in [0.05, 0.1) is 16.6 Å². The zero-order chi connectivity index (χ0) is 63.1. The molecule has 0 spiro atoms. The number of phenols is 1. The van der Waals surface area contributed by atoms with Crippen molar-refractivity contribution in [3.05, 3.63) is 192 Å². The van der Waals surface area contributed by atoms with Crippen LogP contribution in [-0.2, 0) is 38.3 Å². The van der Waals surface area contributed by atoms with Crippen molar-refractivity contribution in [2.24, 2.45) is 5.92 Å². The Morgan fingerprint density at radius 3 is 1.97 bits per heavy atom. The molecule has 7 aromatic carbocycles. The minimum atomic E-state index is -4.15. The second kappa shape index (κ2) is 19.3. The summed E-state index contributed by atoms with van der Waals surface area (Å²) in [5.74, 6) is -2.54. The fourth-order valence-corrected chi connectivity index (χ4v) is 8.70. The molecule has 68 heavy (non-hydrogen) atoms. The molecule has 9 rings (SSSR count). The summed E-state index contributed by atoms with van der Waals surface area (Å²) in [6, 6.07) is 49.4. The number of hydrogen-bond donors (Lipinski definition) is 1. The van der Waals surface area contributed by atoms with Gasteiger partial charge < -0.3 is 5.11 Å². The molecule has 1 N–H and O–H groups in total. The van der Waals surface area contributed by atoms with E-state index in [1.54, 1.807) is 30.5 Å². The van der Waals surface area contributed by atoms with Gasteiger partial charge >= 0.3 is 0 Å². The van der Waals surface area contributed by atoms with Gasteiger partial charge in [-0.15, -0.1) is 23.8 Å². The molecule has 0 aliphatic heterocycles. The molecule has 0 aliphatic rings. The van der Waals surface area contributed by atoms with Gasteiger partial charge in [0.15, 0.2) is 0 Å². The first-order valence-electron chi connectivity index (χ1n) is 31.6. The van der Waals surface area contributed by atoms with Crippen LogP contribution in [0.2, 0.25) is 0 Å². The number of aromatic hydroxyl groups is 1. The Kier molecular flexibility index (Phi) is 8.39. The third-order valence-electron chi connectivity index (χ3n) is 12.0. The zero-order valence-corrected chi connectivity index (χ0v) is 40.3. The van der Waals surface area contributed by atoms with E-state index in [0.717, 1.165) is 50.6 Å². The summed E-state index contributed by atoms with van der Waals surface area (Å²) < 4.78 is 168. The molecule has 0 unspecified atom stereocenters. The third kappa shape index (κ3) is 9.81. The summed E-state index contributed by atoms with van der Waals surface area (Å²) >= 11 is 0. The van der Waals surface area contributed by atoms with Crippen molar-refractivity contribution in [1.29, 1.82) is 0 Å². The first-order chi connectivity index (χ1) is 39.8. The van der Waals surface area contributed by atoms with Gasteiger partial charge in [0.1, 0.15) is 11.6 Å². The predicted octanol–water partition coefficient (Wildman–Crippen LogP) is 16.8. The SMILES string of the molecule is [2H]C(C)(C)c1ccc(-c2ccnc(-c3[c-]c(-c4cccc5c4nc(-c4cc(C(C([2H])([2H])[2H])(C([2H])([2H])[2H])C([2H])([2H])[2H])cc(C(C([2H])([2H])[2H])(C([2H])([2H])[2H])C([2H])([2H])[2H])c4O)n5-c4ccc(-c5ccccc5)c(CC(C)C)c4)cc(-c4ccccc4)c3)c2)cc1.[Pt]. The van der Waals surface area contributed by atoms with Gasteiger partial charge in [-0.2, -0.15) is 0 Å². The molecular formula is C63H62N3OPt-. The predicted molar refractivity (Wildman–Crippen MR) is 282 cm³/mol. The first-order valence-corrected chi connectivity index (χ1v) is 22.1. The van der Waals surface area contributed by atoms with Gasteiger partial charge in [-0.1, -0.05) is 201 Å². The van der Waals surface area contributed by atoms with Crippen molar-refractivity contribution >= 4 is 11.0 Å². The molecule has 0 saturated heterocycles. The number of para-hydroxylation sites is 1. The van der Waals surface area contributed by atoms with Crippen molar-refractivity contribution in [3.8, 4) is 78.6 Å². The second-order valence-corrected chi connectivity index (χ2v) is 17.7. The number of rotatable bonds is 10. The van der Waals surface area contributed by atoms with E-state index in [0.29, 0.717) is 40.6 Å². The number of imidazole rings is 1. The quantitative estimate of drug-likeness (QED) is 0.139. The van der Waals surface area contributed by atoms with Crippen molar-refractivity contribution in [2.75, 3.05) is 0 Å². The summed E-state index contributed by atoms with van der Waals surface area (Å²) in [5.41, 5.74) is -2.50. The number of nitrogens with zero attached hydrogens (tertiary/aromatic N) is 3. The fraction of sp³-hybridized carbons (Fsp3) is 0.238. The number of pyridine rings is 1. The van der Waals surface area contributed by atoms with Crippen LogP contribution in [-0.4, -0.2) is 19.6 Å². The molecule has 2 aromatic heterocycles. The summed E-state index contributed by atoms with van der Waals surface area (Å²) in [6.45, 7) is -16.9. The normalized spacial score (nSPS) is 17.3. The summed E-state index contributed by atoms with van der Waals surface area (Å²) in [5, 5.41) is 13.0. The maximum absolute atomic E-state index is 13.0. The van der Waals surface area contributed by atoms with Gasteiger partial charge in [0.2, 0.25) is 0 Å². The average molecular weight is 1090 g/mol. The Morgan fingerprint density at radius 1 is 0.618 bits per heavy atom. The van der Waals surface area contributed by atoms with E-state index in [9.17, 15) is 5.11 Å². The second-order valence-electron chi connectivity index (χ2n) is 17.7. The number of fused-ring (bicyclic) bond motifs is 1. The van der Waals surface area contributed by atoms with Gasteiger partial charge in [0, 0.05) is 70.3 Å². The molecular weight excluding hydrogens is 1010 g/mol. The number of hydrogen-bond acceptors (Lipinski definition) is 3. The molecule has 2 heterocycles. The standard InChI is InChI=1S/C63H62N3O.Pt/c1-40(2)32-48-36-52(28-29-53(48)45-20-15-12-16-21-45)66-58-23-17-22-54(59(58)65-61(66)55-38-51(62(5,6)7)39-56(60(55)67)63(8,9)10)49-33-47(43-18-13-11-14-19-43)34-50(35-49)57-37-46(30-31-64-57)44-26-24-42(25-27-44)41(3)4;/h11-31,33-34,36-41,67H,32H2,1-10H3;/q-1;/i5D3,6D3,7D3,8D3,9D3,10D3,41D;. The van der Waals surface area contributed by atoms with Gasteiger partial charge in [0.25, 0.3) is 0 Å². The van der Waals surface area contributed by atoms with E-state index >= 15 is 0 Å². The van der Waals surface area contributed by atoms with Gasteiger partial charge in [-0.25, -0.2) is 4.98 Å². The topological polar surface area (TPSA) is 50.9 Å². The largest absolute Gasteiger partial charge is 0.507 e. The van der Waals surface area contributed by atoms with E-state index in [1.807, 2.05) is 149 Å². The van der Waals surface area contributed by atoms with Crippen LogP contribution in [0.1, 0.15) is 123 Å². The Balaban J connectivity index is 0.00000982. The molecule has 5 heteroatoms. The van der Waals surface area contributed by atoms with Crippen LogP contribution in [0, 0.1) is 12.0 Å². The first kappa shape index (κ1) is 29.5. The maximum atomic E-state index is 13.0. The molecule has 0 saturated carbocycles. The molecule has 0 bridgehead atoms. The summed E-state index contributed by atoms with van der Waals surface area (Å²) in [4.78, 5) is 9.98.